The summed E-state index contributed by atoms with van der Waals surface area (Å²) in [5.74, 6) is 1.99. The molecule has 0 aromatic carbocycles. The van der Waals surface area contributed by atoms with E-state index in [0.717, 1.165) is 30.8 Å². The highest BCUT2D eigenvalue weighted by molar-refractivity contribution is 7.99. The first-order valence-electron chi connectivity index (χ1n) is 6.02. The van der Waals surface area contributed by atoms with E-state index in [-0.39, 0.29) is 30.2 Å². The van der Waals surface area contributed by atoms with Crippen LogP contribution in [0.2, 0.25) is 0 Å². The van der Waals surface area contributed by atoms with Crippen molar-refractivity contribution in [2.24, 2.45) is 10.8 Å². The Bertz CT molecular complexity index is 373. The Morgan fingerprint density at radius 1 is 1.06 bits per heavy atom. The monoisotopic (exact) mass is 238 g/mol. The molecule has 3 aliphatic heterocycles. The van der Waals surface area contributed by atoms with Gasteiger partial charge in [0.05, 0.1) is 29.5 Å². The summed E-state index contributed by atoms with van der Waals surface area (Å²) in [6.07, 6.45) is 3.32. The van der Waals surface area contributed by atoms with Crippen molar-refractivity contribution in [3.63, 3.8) is 0 Å². The second-order valence-electron chi connectivity index (χ2n) is 5.50. The van der Waals surface area contributed by atoms with Crippen LogP contribution in [0.4, 0.5) is 0 Å². The van der Waals surface area contributed by atoms with E-state index in [1.165, 1.54) is 0 Å². The molecule has 4 atom stereocenters. The number of ketones is 2. The summed E-state index contributed by atoms with van der Waals surface area (Å²) in [5, 5.41) is 0. The molecule has 3 heterocycles. The first-order chi connectivity index (χ1) is 7.72. The average Bonchev–Trinajstić information content (AvgIpc) is 2.83. The molecule has 1 aliphatic carbocycles. The van der Waals surface area contributed by atoms with Crippen LogP contribution in [0, 0.1) is 10.8 Å². The van der Waals surface area contributed by atoms with Crippen molar-refractivity contribution < 1.29 is 14.3 Å². The third kappa shape index (κ3) is 0.731. The molecule has 0 N–H and O–H groups in total. The SMILES string of the molecule is O=C1CC(=O)C23CSCC12C1CCCC3O1. The minimum Gasteiger partial charge on any atom is -0.373 e. The first kappa shape index (κ1) is 9.66. The lowest BCUT2D eigenvalue weighted by molar-refractivity contribution is -0.130. The molecule has 4 heteroatoms. The van der Waals surface area contributed by atoms with Crippen molar-refractivity contribution in [2.45, 2.75) is 37.9 Å². The van der Waals surface area contributed by atoms with Crippen LogP contribution < -0.4 is 0 Å². The maximum atomic E-state index is 12.3. The van der Waals surface area contributed by atoms with Crippen LogP contribution in [-0.4, -0.2) is 35.3 Å². The van der Waals surface area contributed by atoms with Gasteiger partial charge in [0.2, 0.25) is 0 Å². The minimum absolute atomic E-state index is 0.0419. The Balaban J connectivity index is 1.98. The number of Topliss-reactive ketones (excluding diaryl/α,β-unsaturated/α-hetero) is 2. The zero-order valence-corrected chi connectivity index (χ0v) is 9.85. The molecule has 3 saturated heterocycles. The Kier molecular flexibility index (Phi) is 1.64. The summed E-state index contributed by atoms with van der Waals surface area (Å²) in [7, 11) is 0. The third-order valence-electron chi connectivity index (χ3n) is 5.13. The summed E-state index contributed by atoms with van der Waals surface area (Å²) < 4.78 is 6.00. The quantitative estimate of drug-likeness (QED) is 0.595. The first-order valence-corrected chi connectivity index (χ1v) is 7.17. The molecular formula is C12H14O3S. The van der Waals surface area contributed by atoms with E-state index in [1.807, 2.05) is 0 Å². The van der Waals surface area contributed by atoms with Crippen molar-refractivity contribution in [3.05, 3.63) is 0 Å². The fourth-order valence-corrected chi connectivity index (χ4v) is 6.37. The maximum Gasteiger partial charge on any atom is 0.150 e. The number of hydrogen-bond donors (Lipinski definition) is 0. The van der Waals surface area contributed by atoms with Gasteiger partial charge in [-0.1, -0.05) is 0 Å². The van der Waals surface area contributed by atoms with E-state index in [4.69, 9.17) is 4.74 Å². The average molecular weight is 238 g/mol. The molecule has 0 amide bonds. The zero-order valence-electron chi connectivity index (χ0n) is 9.03. The van der Waals surface area contributed by atoms with Crippen LogP contribution >= 0.6 is 11.8 Å². The molecule has 4 unspecified atom stereocenters. The maximum absolute atomic E-state index is 12.3. The Morgan fingerprint density at radius 2 is 1.62 bits per heavy atom. The van der Waals surface area contributed by atoms with Crippen LogP contribution in [0.25, 0.3) is 0 Å². The molecule has 0 radical (unpaired) electrons. The highest BCUT2D eigenvalue weighted by Crippen LogP contribution is 2.68. The number of carbonyl (C=O) groups excluding carboxylic acids is 2. The van der Waals surface area contributed by atoms with Gasteiger partial charge >= 0.3 is 0 Å². The summed E-state index contributed by atoms with van der Waals surface area (Å²) in [4.78, 5) is 24.6. The summed E-state index contributed by atoms with van der Waals surface area (Å²) >= 11 is 1.78. The van der Waals surface area contributed by atoms with Crippen LogP contribution in [0.1, 0.15) is 25.7 Å². The van der Waals surface area contributed by atoms with Crippen molar-refractivity contribution in [3.8, 4) is 0 Å². The Morgan fingerprint density at radius 3 is 2.19 bits per heavy atom. The van der Waals surface area contributed by atoms with Crippen LogP contribution in [0.5, 0.6) is 0 Å². The zero-order chi connectivity index (χ0) is 11.0. The van der Waals surface area contributed by atoms with Gasteiger partial charge < -0.3 is 4.74 Å². The number of ether oxygens (including phenoxy) is 1. The number of hydrogen-bond acceptors (Lipinski definition) is 4. The molecule has 0 spiro atoms. The lowest BCUT2D eigenvalue weighted by Gasteiger charge is -2.31. The van der Waals surface area contributed by atoms with E-state index < -0.39 is 10.8 Å². The molecule has 16 heavy (non-hydrogen) atoms. The predicted molar refractivity (Wildman–Crippen MR) is 59.3 cm³/mol. The second kappa shape index (κ2) is 2.72. The highest BCUT2D eigenvalue weighted by Gasteiger charge is 2.78. The largest absolute Gasteiger partial charge is 0.373 e. The van der Waals surface area contributed by atoms with E-state index in [1.54, 1.807) is 11.8 Å². The number of rotatable bonds is 0. The van der Waals surface area contributed by atoms with Crippen molar-refractivity contribution >= 4 is 23.3 Å². The van der Waals surface area contributed by atoms with Gasteiger partial charge in [0.1, 0.15) is 0 Å². The number of fused-ring (bicyclic) bond motifs is 2. The van der Waals surface area contributed by atoms with Gasteiger partial charge in [0, 0.05) is 11.5 Å². The second-order valence-corrected chi connectivity index (χ2v) is 6.49. The van der Waals surface area contributed by atoms with E-state index in [2.05, 4.69) is 0 Å². The van der Waals surface area contributed by atoms with Gasteiger partial charge in [-0.15, -0.1) is 0 Å². The van der Waals surface area contributed by atoms with Crippen molar-refractivity contribution in [2.75, 3.05) is 11.5 Å². The normalized spacial score (nSPS) is 54.2. The highest BCUT2D eigenvalue weighted by atomic mass is 32.2. The Hall–Kier alpha value is -0.350. The van der Waals surface area contributed by atoms with Crippen molar-refractivity contribution in [1.29, 1.82) is 0 Å². The van der Waals surface area contributed by atoms with Crippen molar-refractivity contribution in [1.82, 2.24) is 0 Å². The molecule has 4 rings (SSSR count). The number of thioether (sulfide) groups is 1. The van der Waals surface area contributed by atoms with Gasteiger partial charge in [-0.3, -0.25) is 9.59 Å². The molecule has 1 saturated carbocycles. The molecule has 86 valence electrons. The predicted octanol–water partition coefficient (Wildman–Crippen LogP) is 1.20. The molecule has 4 fully saturated rings. The van der Waals surface area contributed by atoms with E-state index in [9.17, 15) is 9.59 Å². The van der Waals surface area contributed by atoms with Gasteiger partial charge in [0.25, 0.3) is 0 Å². The van der Waals surface area contributed by atoms with Gasteiger partial charge in [-0.25, -0.2) is 0 Å². The van der Waals surface area contributed by atoms with Crippen LogP contribution in [-0.2, 0) is 14.3 Å². The van der Waals surface area contributed by atoms with E-state index in [0.29, 0.717) is 0 Å². The lowest BCUT2D eigenvalue weighted by atomic mass is 9.64. The number of carbonyl (C=O) groups is 2. The fourth-order valence-electron chi connectivity index (χ4n) is 4.42. The van der Waals surface area contributed by atoms with Gasteiger partial charge in [-0.2, -0.15) is 11.8 Å². The van der Waals surface area contributed by atoms with E-state index >= 15 is 0 Å². The summed E-state index contributed by atoms with van der Waals surface area (Å²) in [5.41, 5.74) is -0.841. The van der Waals surface area contributed by atoms with Crippen LogP contribution in [0.3, 0.4) is 0 Å². The topological polar surface area (TPSA) is 43.4 Å². The molecule has 0 aromatic rings. The standard InChI is InChI=1S/C12H14O3S/c13-7-4-8(14)12-6-16-5-11(7,12)9-2-1-3-10(12)15-9/h9-10H,1-6H2. The lowest BCUT2D eigenvalue weighted by Crippen LogP contribution is -2.47. The smallest absolute Gasteiger partial charge is 0.150 e. The molecular weight excluding hydrogens is 224 g/mol. The summed E-state index contributed by atoms with van der Waals surface area (Å²) in [6, 6.07) is 0. The molecule has 2 bridgehead atoms. The molecule has 3 nitrogen and oxygen atoms in total. The Labute approximate surface area is 98.3 Å². The molecule has 4 aliphatic rings. The van der Waals surface area contributed by atoms with Gasteiger partial charge in [-0.05, 0) is 19.3 Å². The third-order valence-corrected chi connectivity index (χ3v) is 6.45. The van der Waals surface area contributed by atoms with Crippen LogP contribution in [0.15, 0.2) is 0 Å². The summed E-state index contributed by atoms with van der Waals surface area (Å²) in [6.45, 7) is 0. The fraction of sp³-hybridized carbons (Fsp3) is 0.833. The van der Waals surface area contributed by atoms with Gasteiger partial charge in [0.15, 0.2) is 11.6 Å². The molecule has 0 aromatic heterocycles. The minimum atomic E-state index is -0.421.